The Labute approximate surface area is 112 Å². The number of amides is 1. The smallest absolute Gasteiger partial charge is 0.297 e. The molecule has 0 spiro atoms. The molecule has 0 radical (unpaired) electrons. The number of rotatable bonds is 2. The van der Waals surface area contributed by atoms with Crippen molar-refractivity contribution in [1.82, 2.24) is 0 Å². The van der Waals surface area contributed by atoms with Crippen LogP contribution in [-0.4, -0.2) is 17.7 Å². The van der Waals surface area contributed by atoms with Gasteiger partial charge in [0.25, 0.3) is 5.91 Å². The molecule has 1 amide bonds. The molecule has 2 atom stereocenters. The van der Waals surface area contributed by atoms with Crippen LogP contribution in [0.3, 0.4) is 0 Å². The molecule has 1 saturated heterocycles. The van der Waals surface area contributed by atoms with Gasteiger partial charge in [0.1, 0.15) is 0 Å². The highest BCUT2D eigenvalue weighted by molar-refractivity contribution is 6.50. The van der Waals surface area contributed by atoms with Gasteiger partial charge in [0, 0.05) is 17.2 Å². The number of ketones is 1. The van der Waals surface area contributed by atoms with E-state index in [-0.39, 0.29) is 17.7 Å². The van der Waals surface area contributed by atoms with Crippen molar-refractivity contribution in [3.63, 3.8) is 0 Å². The number of nitrogens with zero attached hydrogens (tertiary/aromatic N) is 1. The number of para-hydroxylation sites is 1. The lowest BCUT2D eigenvalue weighted by molar-refractivity contribution is -0.132. The number of carbonyl (C=O) groups excluding carboxylic acids is 2. The molecule has 1 heterocycles. The zero-order valence-corrected chi connectivity index (χ0v) is 10.7. The molecule has 1 aliphatic carbocycles. The first-order chi connectivity index (χ1) is 9.24. The maximum atomic E-state index is 12.2. The fraction of sp³-hybridized carbons (Fsp3) is 0.250. The van der Waals surface area contributed by atoms with Crippen LogP contribution in [0.1, 0.15) is 13.3 Å². The zero-order chi connectivity index (χ0) is 13.4. The molecule has 2 unspecified atom stereocenters. The minimum absolute atomic E-state index is 0.141. The third kappa shape index (κ3) is 1.73. The topological polar surface area (TPSA) is 37.4 Å². The third-order valence-electron chi connectivity index (χ3n) is 3.82. The lowest BCUT2D eigenvalue weighted by atomic mass is 9.87. The van der Waals surface area contributed by atoms with Gasteiger partial charge in [-0.15, -0.1) is 0 Å². The van der Waals surface area contributed by atoms with Gasteiger partial charge < -0.3 is 0 Å². The van der Waals surface area contributed by atoms with Crippen molar-refractivity contribution in [2.24, 2.45) is 5.92 Å². The van der Waals surface area contributed by atoms with Crippen LogP contribution in [-0.2, 0) is 9.59 Å². The van der Waals surface area contributed by atoms with Crippen molar-refractivity contribution < 1.29 is 9.59 Å². The van der Waals surface area contributed by atoms with Crippen molar-refractivity contribution in [1.29, 1.82) is 0 Å². The number of benzene rings is 1. The van der Waals surface area contributed by atoms with Gasteiger partial charge in [0.2, 0.25) is 5.78 Å². The van der Waals surface area contributed by atoms with Crippen molar-refractivity contribution in [3.8, 4) is 0 Å². The largest absolute Gasteiger partial charge is 0.299 e. The van der Waals surface area contributed by atoms with Crippen LogP contribution in [0.15, 0.2) is 54.1 Å². The Morgan fingerprint density at radius 3 is 2.58 bits per heavy atom. The minimum atomic E-state index is -0.412. The molecule has 2 aliphatic rings. The molecule has 1 aliphatic heterocycles. The van der Waals surface area contributed by atoms with Crippen molar-refractivity contribution >= 4 is 17.4 Å². The Kier molecular flexibility index (Phi) is 2.82. The molecule has 1 aromatic rings. The Morgan fingerprint density at radius 2 is 1.89 bits per heavy atom. The summed E-state index contributed by atoms with van der Waals surface area (Å²) >= 11 is 0. The Hall–Kier alpha value is -2.16. The van der Waals surface area contributed by atoms with E-state index in [1.165, 1.54) is 0 Å². The number of hydrogen-bond acceptors (Lipinski definition) is 2. The van der Waals surface area contributed by atoms with Gasteiger partial charge in [0.05, 0.1) is 6.04 Å². The van der Waals surface area contributed by atoms with E-state index < -0.39 is 5.91 Å². The summed E-state index contributed by atoms with van der Waals surface area (Å²) in [4.78, 5) is 26.0. The summed E-state index contributed by atoms with van der Waals surface area (Å²) in [6, 6.07) is 9.28. The average Bonchev–Trinajstić information content (AvgIpc) is 2.72. The summed E-state index contributed by atoms with van der Waals surface area (Å²) in [5, 5.41) is 0. The van der Waals surface area contributed by atoms with Gasteiger partial charge in [-0.1, -0.05) is 43.4 Å². The van der Waals surface area contributed by atoms with Crippen LogP contribution in [0.5, 0.6) is 0 Å². The SMILES string of the molecule is CCC1C=CC=C2C(=O)C(=O)N(c3ccccc3)C21. The average molecular weight is 253 g/mol. The molecule has 1 fully saturated rings. The van der Waals surface area contributed by atoms with E-state index in [1.54, 1.807) is 11.0 Å². The minimum Gasteiger partial charge on any atom is -0.297 e. The summed E-state index contributed by atoms with van der Waals surface area (Å²) in [6.07, 6.45) is 6.65. The molecule has 3 nitrogen and oxygen atoms in total. The van der Waals surface area contributed by atoms with Gasteiger partial charge in [-0.2, -0.15) is 0 Å². The van der Waals surface area contributed by atoms with E-state index in [1.807, 2.05) is 36.4 Å². The lowest BCUT2D eigenvalue weighted by Gasteiger charge is -2.30. The maximum absolute atomic E-state index is 12.2. The van der Waals surface area contributed by atoms with E-state index in [2.05, 4.69) is 13.0 Å². The molecule has 3 rings (SSSR count). The van der Waals surface area contributed by atoms with E-state index in [9.17, 15) is 9.59 Å². The highest BCUT2D eigenvalue weighted by Gasteiger charge is 2.46. The predicted molar refractivity (Wildman–Crippen MR) is 73.7 cm³/mol. The summed E-state index contributed by atoms with van der Waals surface area (Å²) in [5.74, 6) is -0.572. The molecule has 0 bridgehead atoms. The van der Waals surface area contributed by atoms with Gasteiger partial charge >= 0.3 is 0 Å². The predicted octanol–water partition coefficient (Wildman–Crippen LogP) is 2.49. The van der Waals surface area contributed by atoms with Gasteiger partial charge in [-0.05, 0) is 18.6 Å². The molecule has 0 aromatic heterocycles. The highest BCUT2D eigenvalue weighted by Crippen LogP contribution is 2.36. The number of carbonyl (C=O) groups is 2. The third-order valence-corrected chi connectivity index (χ3v) is 3.82. The molecule has 0 N–H and O–H groups in total. The molecular weight excluding hydrogens is 238 g/mol. The number of anilines is 1. The molecule has 19 heavy (non-hydrogen) atoms. The lowest BCUT2D eigenvalue weighted by Crippen LogP contribution is -2.39. The standard InChI is InChI=1S/C16H15NO2/c1-2-11-7-6-10-13-14(11)17(16(19)15(13)18)12-8-4-3-5-9-12/h3-11,14H,2H2,1H3. The van der Waals surface area contributed by atoms with E-state index in [4.69, 9.17) is 0 Å². The van der Waals surface area contributed by atoms with Crippen LogP contribution >= 0.6 is 0 Å². The Morgan fingerprint density at radius 1 is 1.16 bits per heavy atom. The molecule has 1 aromatic carbocycles. The maximum Gasteiger partial charge on any atom is 0.299 e. The summed E-state index contributed by atoms with van der Waals surface area (Å²) in [6.45, 7) is 2.08. The van der Waals surface area contributed by atoms with Gasteiger partial charge in [-0.25, -0.2) is 0 Å². The number of fused-ring (bicyclic) bond motifs is 1. The summed E-state index contributed by atoms with van der Waals surface area (Å²) in [7, 11) is 0. The second-order valence-electron chi connectivity index (χ2n) is 4.86. The molecular formula is C16H15NO2. The highest BCUT2D eigenvalue weighted by atomic mass is 16.2. The normalized spacial score (nSPS) is 25.5. The first-order valence-corrected chi connectivity index (χ1v) is 6.55. The van der Waals surface area contributed by atoms with E-state index >= 15 is 0 Å². The van der Waals surface area contributed by atoms with Gasteiger partial charge in [-0.3, -0.25) is 14.5 Å². The monoisotopic (exact) mass is 253 g/mol. The van der Waals surface area contributed by atoms with Crippen LogP contribution in [0.4, 0.5) is 5.69 Å². The number of allylic oxidation sites excluding steroid dienone is 2. The fourth-order valence-electron chi connectivity index (χ4n) is 2.86. The number of Topliss-reactive ketones (excluding diaryl/α,β-unsaturated/α-hetero) is 1. The van der Waals surface area contributed by atoms with E-state index in [0.717, 1.165) is 12.1 Å². The Bertz CT molecular complexity index is 586. The van der Waals surface area contributed by atoms with Crippen LogP contribution in [0.25, 0.3) is 0 Å². The Balaban J connectivity index is 2.09. The van der Waals surface area contributed by atoms with Crippen LogP contribution < -0.4 is 4.90 Å². The molecule has 3 heteroatoms. The second kappa shape index (κ2) is 4.50. The first kappa shape index (κ1) is 11.9. The summed E-state index contributed by atoms with van der Waals surface area (Å²) in [5.41, 5.74) is 1.42. The summed E-state index contributed by atoms with van der Waals surface area (Å²) < 4.78 is 0. The fourth-order valence-corrected chi connectivity index (χ4v) is 2.86. The quantitative estimate of drug-likeness (QED) is 0.759. The zero-order valence-electron chi connectivity index (χ0n) is 10.7. The second-order valence-corrected chi connectivity index (χ2v) is 4.86. The van der Waals surface area contributed by atoms with Crippen molar-refractivity contribution in [2.75, 3.05) is 4.90 Å². The van der Waals surface area contributed by atoms with E-state index in [0.29, 0.717) is 5.57 Å². The van der Waals surface area contributed by atoms with Crippen LogP contribution in [0, 0.1) is 5.92 Å². The molecule has 96 valence electrons. The van der Waals surface area contributed by atoms with Crippen molar-refractivity contribution in [2.45, 2.75) is 19.4 Å². The van der Waals surface area contributed by atoms with Crippen molar-refractivity contribution in [3.05, 3.63) is 54.1 Å². The number of hydrogen-bond donors (Lipinski definition) is 0. The van der Waals surface area contributed by atoms with Gasteiger partial charge in [0.15, 0.2) is 0 Å². The van der Waals surface area contributed by atoms with Crippen LogP contribution in [0.2, 0.25) is 0 Å². The first-order valence-electron chi connectivity index (χ1n) is 6.55. The molecule has 0 saturated carbocycles.